The molecule has 0 saturated heterocycles. The average Bonchev–Trinajstić information content (AvgIpc) is 1.12. The molecule has 11 heavy (non-hydrogen) atoms. The average molecular weight is 276 g/mol. The zero-order valence-corrected chi connectivity index (χ0v) is 8.01. The van der Waals surface area contributed by atoms with Crippen LogP contribution in [0.2, 0.25) is 0 Å². The van der Waals surface area contributed by atoms with Crippen LogP contribution in [0.25, 0.3) is 0 Å². The predicted molar refractivity (Wildman–Crippen MR) is 34.7 cm³/mol. The topological polar surface area (TPSA) is 129 Å². The quantitative estimate of drug-likeness (QED) is 0.194. The van der Waals surface area contributed by atoms with Gasteiger partial charge in [-0.1, -0.05) is 0 Å². The van der Waals surface area contributed by atoms with E-state index in [1.807, 2.05) is 0 Å². The SMILES string of the molecule is O=S(=O)(O)O.O=S(=O)(O)S.[Cu]. The molecule has 1 radical (unpaired) electrons. The normalized spacial score (nSPS) is 10.5. The zero-order valence-electron chi connectivity index (χ0n) is 4.54. The first kappa shape index (κ1) is 17.7. The number of hydrogen-bond donors (Lipinski definition) is 4. The van der Waals surface area contributed by atoms with Gasteiger partial charge in [-0.25, -0.2) is 0 Å². The van der Waals surface area contributed by atoms with Gasteiger partial charge in [0.25, 0.3) is 0 Å². The van der Waals surface area contributed by atoms with Gasteiger partial charge in [0.15, 0.2) is 0 Å². The third-order valence-corrected chi connectivity index (χ3v) is 0. The van der Waals surface area contributed by atoms with Crippen molar-refractivity contribution >= 4 is 31.2 Å². The van der Waals surface area contributed by atoms with E-state index in [0.717, 1.165) is 0 Å². The predicted octanol–water partition coefficient (Wildman–Crippen LogP) is -0.936. The summed E-state index contributed by atoms with van der Waals surface area (Å²) in [5.74, 6) is 0. The summed E-state index contributed by atoms with van der Waals surface area (Å²) < 4.78 is 57.0. The van der Waals surface area contributed by atoms with Gasteiger partial charge in [0, 0.05) is 17.1 Å². The van der Waals surface area contributed by atoms with Crippen molar-refractivity contribution < 1.29 is 47.6 Å². The van der Waals surface area contributed by atoms with Gasteiger partial charge in [0.1, 0.15) is 0 Å². The van der Waals surface area contributed by atoms with Gasteiger partial charge in [-0.15, -0.1) is 0 Å². The first-order chi connectivity index (χ1) is 4.00. The van der Waals surface area contributed by atoms with Crippen LogP contribution in [0.15, 0.2) is 0 Å². The summed E-state index contributed by atoms with van der Waals surface area (Å²) in [5, 5.41) is 0. The first-order valence-corrected chi connectivity index (χ1v) is 5.29. The van der Waals surface area contributed by atoms with Crippen molar-refractivity contribution in [3.63, 3.8) is 0 Å². The molecule has 11 heteroatoms. The molecule has 0 fully saturated rings. The summed E-state index contributed by atoms with van der Waals surface area (Å²) in [6.45, 7) is 0. The van der Waals surface area contributed by atoms with Gasteiger partial charge >= 0.3 is 19.5 Å². The molecule has 0 atom stereocenters. The van der Waals surface area contributed by atoms with Crippen molar-refractivity contribution in [3.8, 4) is 0 Å². The van der Waals surface area contributed by atoms with Crippen LogP contribution in [0.1, 0.15) is 0 Å². The molecule has 0 spiro atoms. The maximum Gasteiger partial charge on any atom is 0.394 e. The molecule has 0 aliphatic rings. The molecule has 0 rings (SSSR count). The summed E-state index contributed by atoms with van der Waals surface area (Å²) in [5.41, 5.74) is 0. The van der Waals surface area contributed by atoms with E-state index >= 15 is 0 Å². The van der Waals surface area contributed by atoms with E-state index in [0.29, 0.717) is 0 Å². The van der Waals surface area contributed by atoms with Crippen LogP contribution in [0.5, 0.6) is 0 Å². The van der Waals surface area contributed by atoms with Crippen LogP contribution in [-0.2, 0) is 36.6 Å². The van der Waals surface area contributed by atoms with Crippen LogP contribution >= 0.6 is 11.7 Å². The van der Waals surface area contributed by atoms with E-state index < -0.39 is 19.5 Å². The maximum atomic E-state index is 9.05. The molecule has 0 amide bonds. The molecule has 75 valence electrons. The Morgan fingerprint density at radius 3 is 0.909 bits per heavy atom. The Hall–Kier alpha value is 0.649. The minimum Gasteiger partial charge on any atom is -0.277 e. The first-order valence-electron chi connectivity index (χ1n) is 1.40. The van der Waals surface area contributed by atoms with E-state index in [9.17, 15) is 0 Å². The van der Waals surface area contributed by atoms with Crippen molar-refractivity contribution in [3.05, 3.63) is 0 Å². The van der Waals surface area contributed by atoms with Gasteiger partial charge in [-0.2, -0.15) is 16.8 Å². The molecular formula is H4CuO7S3. The summed E-state index contributed by atoms with van der Waals surface area (Å²) in [6, 6.07) is 0. The van der Waals surface area contributed by atoms with E-state index in [2.05, 4.69) is 11.7 Å². The third-order valence-electron chi connectivity index (χ3n) is 0. The van der Waals surface area contributed by atoms with E-state index in [-0.39, 0.29) is 17.1 Å². The molecule has 0 aromatic heterocycles. The Kier molecular flexibility index (Phi) is 9.95. The minimum atomic E-state index is -4.67. The number of thiol groups is 1. The standard InChI is InChI=1S/Cu.H2O4S.H2O3S2/c;2*1-5(2,3)4/h;2*(H2,1,2,3,4). The van der Waals surface area contributed by atoms with E-state index in [4.69, 9.17) is 30.5 Å². The van der Waals surface area contributed by atoms with E-state index in [1.165, 1.54) is 0 Å². The molecule has 0 saturated carbocycles. The van der Waals surface area contributed by atoms with Crippen molar-refractivity contribution in [1.82, 2.24) is 0 Å². The number of hydrogen-bond acceptors (Lipinski definition) is 4. The second kappa shape index (κ2) is 6.20. The van der Waals surface area contributed by atoms with Gasteiger partial charge in [0.2, 0.25) is 0 Å². The maximum absolute atomic E-state index is 9.05. The van der Waals surface area contributed by atoms with Crippen molar-refractivity contribution in [2.45, 2.75) is 0 Å². The summed E-state index contributed by atoms with van der Waals surface area (Å²) in [4.78, 5) is 0. The van der Waals surface area contributed by atoms with Crippen LogP contribution in [0.3, 0.4) is 0 Å². The van der Waals surface area contributed by atoms with Crippen molar-refractivity contribution in [2.24, 2.45) is 0 Å². The summed E-state index contributed by atoms with van der Waals surface area (Å²) in [7, 11) is -8.64. The Bertz CT molecular complexity index is 210. The van der Waals surface area contributed by atoms with Crippen LogP contribution < -0.4 is 0 Å². The summed E-state index contributed by atoms with van der Waals surface area (Å²) >= 11 is 2.65. The molecular weight excluding hydrogens is 272 g/mol. The largest absolute Gasteiger partial charge is 0.394 e. The Morgan fingerprint density at radius 2 is 0.909 bits per heavy atom. The van der Waals surface area contributed by atoms with Gasteiger partial charge < -0.3 is 0 Å². The molecule has 0 aromatic carbocycles. The van der Waals surface area contributed by atoms with Gasteiger partial charge in [-0.3, -0.25) is 13.7 Å². The van der Waals surface area contributed by atoms with Crippen LogP contribution in [0.4, 0.5) is 0 Å². The monoisotopic (exact) mass is 275 g/mol. The second-order valence-electron chi connectivity index (χ2n) is 0.896. The smallest absolute Gasteiger partial charge is 0.277 e. The van der Waals surface area contributed by atoms with E-state index in [1.54, 1.807) is 0 Å². The molecule has 7 nitrogen and oxygen atoms in total. The van der Waals surface area contributed by atoms with Gasteiger partial charge in [0.05, 0.1) is 0 Å². The second-order valence-corrected chi connectivity index (χ2v) is 4.07. The Morgan fingerprint density at radius 1 is 0.909 bits per heavy atom. The molecule has 0 heterocycles. The van der Waals surface area contributed by atoms with Crippen LogP contribution in [-0.4, -0.2) is 30.5 Å². The fraction of sp³-hybridized carbons (Fsp3) is 0. The third kappa shape index (κ3) is 1890. The number of rotatable bonds is 0. The Labute approximate surface area is 78.8 Å². The van der Waals surface area contributed by atoms with Crippen molar-refractivity contribution in [1.29, 1.82) is 0 Å². The molecule has 3 N–H and O–H groups in total. The zero-order chi connectivity index (χ0) is 9.00. The Balaban J connectivity index is -0.000000107. The van der Waals surface area contributed by atoms with Gasteiger partial charge in [-0.05, 0) is 11.7 Å². The van der Waals surface area contributed by atoms with Crippen molar-refractivity contribution in [2.75, 3.05) is 0 Å². The van der Waals surface area contributed by atoms with Crippen LogP contribution in [0, 0.1) is 0 Å². The fourth-order valence-electron chi connectivity index (χ4n) is 0. The minimum absolute atomic E-state index is 0. The molecule has 0 aliphatic carbocycles. The summed E-state index contributed by atoms with van der Waals surface area (Å²) in [6.07, 6.45) is 0. The fourth-order valence-corrected chi connectivity index (χ4v) is 0. The molecule has 0 aromatic rings. The molecule has 0 bridgehead atoms. The molecule has 0 aliphatic heterocycles. The molecule has 0 unspecified atom stereocenters.